The van der Waals surface area contributed by atoms with Crippen LogP contribution in [0, 0.1) is 6.92 Å². The molecule has 0 spiro atoms. The number of benzene rings is 1. The molecule has 0 aliphatic heterocycles. The van der Waals surface area contributed by atoms with Crippen molar-refractivity contribution >= 4 is 5.69 Å². The fourth-order valence-electron chi connectivity index (χ4n) is 1.92. The molecule has 2 aromatic heterocycles. The minimum absolute atomic E-state index is 0.425. The van der Waals surface area contributed by atoms with Crippen molar-refractivity contribution in [2.75, 3.05) is 5.73 Å². The highest BCUT2D eigenvalue weighted by Gasteiger charge is 2.14. The molecule has 0 aliphatic carbocycles. The lowest BCUT2D eigenvalue weighted by atomic mass is 10.1. The van der Waals surface area contributed by atoms with Crippen LogP contribution in [0.25, 0.3) is 22.8 Å². The van der Waals surface area contributed by atoms with E-state index in [0.717, 1.165) is 16.7 Å². The summed E-state index contributed by atoms with van der Waals surface area (Å²) in [7, 11) is 0. The maximum Gasteiger partial charge on any atom is 0.260 e. The van der Waals surface area contributed by atoms with E-state index in [1.54, 1.807) is 12.4 Å². The Labute approximate surface area is 110 Å². The zero-order valence-corrected chi connectivity index (χ0v) is 10.4. The monoisotopic (exact) mass is 252 g/mol. The molecule has 19 heavy (non-hydrogen) atoms. The number of anilines is 1. The molecule has 94 valence electrons. The van der Waals surface area contributed by atoms with Crippen molar-refractivity contribution in [1.82, 2.24) is 15.1 Å². The predicted molar refractivity (Wildman–Crippen MR) is 72.1 cm³/mol. The third-order valence-corrected chi connectivity index (χ3v) is 2.86. The molecular formula is C14H12N4O. The predicted octanol–water partition coefficient (Wildman–Crippen LogP) is 2.69. The topological polar surface area (TPSA) is 77.8 Å². The van der Waals surface area contributed by atoms with Crippen LogP contribution in [0.3, 0.4) is 0 Å². The van der Waals surface area contributed by atoms with Gasteiger partial charge < -0.3 is 10.3 Å². The van der Waals surface area contributed by atoms with Crippen molar-refractivity contribution < 1.29 is 4.52 Å². The standard InChI is InChI=1S/C14H12N4O/c1-9-4-2-6-11(15)12(9)14-17-13(18-19-14)10-5-3-7-16-8-10/h2-8H,15H2,1H3. The number of aromatic nitrogens is 3. The Balaban J connectivity index is 2.07. The average Bonchev–Trinajstić information content (AvgIpc) is 2.89. The molecule has 0 saturated carbocycles. The van der Waals surface area contributed by atoms with E-state index in [1.807, 2.05) is 37.3 Å². The summed E-state index contributed by atoms with van der Waals surface area (Å²) in [6.07, 6.45) is 3.39. The van der Waals surface area contributed by atoms with Crippen molar-refractivity contribution in [2.45, 2.75) is 6.92 Å². The third kappa shape index (κ3) is 2.06. The molecule has 0 saturated heterocycles. The van der Waals surface area contributed by atoms with Crippen molar-refractivity contribution in [2.24, 2.45) is 0 Å². The van der Waals surface area contributed by atoms with E-state index in [2.05, 4.69) is 15.1 Å². The van der Waals surface area contributed by atoms with Gasteiger partial charge in [-0.2, -0.15) is 4.98 Å². The molecule has 5 nitrogen and oxygen atoms in total. The van der Waals surface area contributed by atoms with Gasteiger partial charge in [-0.25, -0.2) is 0 Å². The third-order valence-electron chi connectivity index (χ3n) is 2.86. The van der Waals surface area contributed by atoms with Crippen LogP contribution >= 0.6 is 0 Å². The Morgan fingerprint density at radius 3 is 2.79 bits per heavy atom. The SMILES string of the molecule is Cc1cccc(N)c1-c1nc(-c2cccnc2)no1. The first-order valence-corrected chi connectivity index (χ1v) is 5.85. The van der Waals surface area contributed by atoms with Gasteiger partial charge in [0.25, 0.3) is 5.89 Å². The van der Waals surface area contributed by atoms with Gasteiger partial charge in [-0.3, -0.25) is 4.98 Å². The number of rotatable bonds is 2. The summed E-state index contributed by atoms with van der Waals surface area (Å²) < 4.78 is 5.30. The maximum atomic E-state index is 5.96. The lowest BCUT2D eigenvalue weighted by Gasteiger charge is -2.03. The second-order valence-corrected chi connectivity index (χ2v) is 4.20. The quantitative estimate of drug-likeness (QED) is 0.709. The number of nitrogen functional groups attached to an aromatic ring is 1. The molecule has 2 N–H and O–H groups in total. The lowest BCUT2D eigenvalue weighted by molar-refractivity contribution is 0.432. The molecule has 2 heterocycles. The minimum atomic E-state index is 0.425. The summed E-state index contributed by atoms with van der Waals surface area (Å²) in [6.45, 7) is 1.96. The average molecular weight is 252 g/mol. The smallest absolute Gasteiger partial charge is 0.260 e. The summed E-state index contributed by atoms with van der Waals surface area (Å²) >= 11 is 0. The van der Waals surface area contributed by atoms with Gasteiger partial charge in [0.2, 0.25) is 5.82 Å². The van der Waals surface area contributed by atoms with Crippen LogP contribution in [0.1, 0.15) is 5.56 Å². The number of aryl methyl sites for hydroxylation is 1. The maximum absolute atomic E-state index is 5.96. The number of nitrogens with two attached hydrogens (primary N) is 1. The van der Waals surface area contributed by atoms with Crippen LogP contribution in [-0.2, 0) is 0 Å². The molecule has 3 rings (SSSR count). The van der Waals surface area contributed by atoms with Crippen molar-refractivity contribution in [3.05, 3.63) is 48.3 Å². The van der Waals surface area contributed by atoms with Crippen LogP contribution in [-0.4, -0.2) is 15.1 Å². The number of nitrogens with zero attached hydrogens (tertiary/aromatic N) is 3. The summed E-state index contributed by atoms with van der Waals surface area (Å²) in [5.41, 5.74) is 9.18. The highest BCUT2D eigenvalue weighted by molar-refractivity contribution is 5.74. The van der Waals surface area contributed by atoms with Gasteiger partial charge in [0.05, 0.1) is 5.56 Å². The molecule has 0 fully saturated rings. The molecule has 0 bridgehead atoms. The summed E-state index contributed by atoms with van der Waals surface area (Å²) in [5.74, 6) is 0.931. The Morgan fingerprint density at radius 2 is 2.05 bits per heavy atom. The van der Waals surface area contributed by atoms with E-state index in [9.17, 15) is 0 Å². The van der Waals surface area contributed by atoms with E-state index in [4.69, 9.17) is 10.3 Å². The van der Waals surface area contributed by atoms with E-state index >= 15 is 0 Å². The van der Waals surface area contributed by atoms with Crippen LogP contribution in [0.2, 0.25) is 0 Å². The molecule has 0 unspecified atom stereocenters. The van der Waals surface area contributed by atoms with Gasteiger partial charge in [0, 0.05) is 23.6 Å². The summed E-state index contributed by atoms with van der Waals surface area (Å²) in [5, 5.41) is 3.96. The zero-order chi connectivity index (χ0) is 13.2. The highest BCUT2D eigenvalue weighted by Crippen LogP contribution is 2.29. The van der Waals surface area contributed by atoms with Crippen molar-refractivity contribution in [3.63, 3.8) is 0 Å². The van der Waals surface area contributed by atoms with Crippen LogP contribution < -0.4 is 5.73 Å². The first kappa shape index (κ1) is 11.4. The molecule has 1 aromatic carbocycles. The van der Waals surface area contributed by atoms with Gasteiger partial charge >= 0.3 is 0 Å². The second-order valence-electron chi connectivity index (χ2n) is 4.20. The Kier molecular flexibility index (Phi) is 2.72. The van der Waals surface area contributed by atoms with Gasteiger partial charge in [0.15, 0.2) is 0 Å². The molecule has 5 heteroatoms. The van der Waals surface area contributed by atoms with Crippen LogP contribution in [0.5, 0.6) is 0 Å². The van der Waals surface area contributed by atoms with Gasteiger partial charge in [0.1, 0.15) is 0 Å². The second kappa shape index (κ2) is 4.53. The molecule has 0 atom stereocenters. The van der Waals surface area contributed by atoms with E-state index in [-0.39, 0.29) is 0 Å². The van der Waals surface area contributed by atoms with Gasteiger partial charge in [-0.05, 0) is 30.7 Å². The van der Waals surface area contributed by atoms with Gasteiger partial charge in [-0.1, -0.05) is 17.3 Å². The van der Waals surface area contributed by atoms with E-state index in [0.29, 0.717) is 17.4 Å². The summed E-state index contributed by atoms with van der Waals surface area (Å²) in [4.78, 5) is 8.41. The Bertz CT molecular complexity index is 686. The van der Waals surface area contributed by atoms with Crippen LogP contribution in [0.15, 0.2) is 47.2 Å². The molecule has 0 amide bonds. The molecule has 3 aromatic rings. The minimum Gasteiger partial charge on any atom is -0.398 e. The normalized spacial score (nSPS) is 10.6. The van der Waals surface area contributed by atoms with Crippen molar-refractivity contribution in [3.8, 4) is 22.8 Å². The van der Waals surface area contributed by atoms with E-state index < -0.39 is 0 Å². The lowest BCUT2D eigenvalue weighted by Crippen LogP contribution is -1.92. The molecule has 0 aliphatic rings. The molecule has 0 radical (unpaired) electrons. The zero-order valence-electron chi connectivity index (χ0n) is 10.4. The van der Waals surface area contributed by atoms with Crippen molar-refractivity contribution in [1.29, 1.82) is 0 Å². The number of hydrogen-bond acceptors (Lipinski definition) is 5. The summed E-state index contributed by atoms with van der Waals surface area (Å²) in [6, 6.07) is 9.37. The number of hydrogen-bond donors (Lipinski definition) is 1. The van der Waals surface area contributed by atoms with Gasteiger partial charge in [-0.15, -0.1) is 0 Å². The van der Waals surface area contributed by atoms with Crippen LogP contribution in [0.4, 0.5) is 5.69 Å². The van der Waals surface area contributed by atoms with E-state index in [1.165, 1.54) is 0 Å². The first-order valence-electron chi connectivity index (χ1n) is 5.85. The molecular weight excluding hydrogens is 240 g/mol. The highest BCUT2D eigenvalue weighted by atomic mass is 16.5. The number of pyridine rings is 1. The fraction of sp³-hybridized carbons (Fsp3) is 0.0714. The Hall–Kier alpha value is -2.69. The Morgan fingerprint density at radius 1 is 1.16 bits per heavy atom. The first-order chi connectivity index (χ1) is 9.25. The largest absolute Gasteiger partial charge is 0.398 e. The fourth-order valence-corrected chi connectivity index (χ4v) is 1.92.